The van der Waals surface area contributed by atoms with Crippen LogP contribution in [0.15, 0.2) is 59.8 Å². The lowest BCUT2D eigenvalue weighted by atomic mass is 10.1. The summed E-state index contributed by atoms with van der Waals surface area (Å²) in [5, 5.41) is 13.4. The number of nitrogens with one attached hydrogen (secondary N) is 1. The van der Waals surface area contributed by atoms with Crippen molar-refractivity contribution in [1.29, 1.82) is 0 Å². The maximum Gasteiger partial charge on any atom is 0.233 e. The maximum absolute atomic E-state index is 12.6. The second-order valence-corrected chi connectivity index (χ2v) is 8.57. The SMILES string of the molecule is Cc1cc2nnc(SC(C)C(=O)NCCc3ccccc3)n2c2c(C)cccc12. The Hall–Kier alpha value is -2.86. The zero-order valence-electron chi connectivity index (χ0n) is 16.8. The standard InChI is InChI=1S/C23H24N4OS/c1-15-8-7-11-19-16(2)14-20-25-26-23(27(20)21(15)19)29-17(3)22(28)24-13-12-18-9-5-4-6-10-18/h4-11,14,17H,12-13H2,1-3H3,(H,24,28). The fraction of sp³-hybridized carbons (Fsp3) is 0.261. The Bertz CT molecular complexity index is 1170. The van der Waals surface area contributed by atoms with Gasteiger partial charge in [-0.05, 0) is 49.9 Å². The van der Waals surface area contributed by atoms with Crippen LogP contribution in [0.5, 0.6) is 0 Å². The number of aryl methyl sites for hydroxylation is 2. The molecule has 2 aromatic heterocycles. The van der Waals surface area contributed by atoms with Crippen molar-refractivity contribution >= 4 is 34.2 Å². The van der Waals surface area contributed by atoms with E-state index >= 15 is 0 Å². The normalized spacial score (nSPS) is 12.4. The predicted octanol–water partition coefficient (Wildman–Crippen LogP) is 4.34. The lowest BCUT2D eigenvalue weighted by Gasteiger charge is -2.13. The zero-order valence-corrected chi connectivity index (χ0v) is 17.7. The average Bonchev–Trinajstić information content (AvgIpc) is 3.11. The molecule has 1 unspecified atom stereocenters. The summed E-state index contributed by atoms with van der Waals surface area (Å²) in [6.45, 7) is 6.71. The van der Waals surface area contributed by atoms with E-state index in [2.05, 4.69) is 64.1 Å². The average molecular weight is 405 g/mol. The van der Waals surface area contributed by atoms with Crippen LogP contribution < -0.4 is 5.32 Å². The van der Waals surface area contributed by atoms with Gasteiger partial charge in [0.25, 0.3) is 0 Å². The summed E-state index contributed by atoms with van der Waals surface area (Å²) in [5.74, 6) is 0.0100. The lowest BCUT2D eigenvalue weighted by Crippen LogP contribution is -2.32. The monoisotopic (exact) mass is 404 g/mol. The minimum atomic E-state index is -0.265. The van der Waals surface area contributed by atoms with Gasteiger partial charge in [-0.3, -0.25) is 9.20 Å². The molecule has 0 bridgehead atoms. The van der Waals surface area contributed by atoms with E-state index in [1.165, 1.54) is 28.3 Å². The van der Waals surface area contributed by atoms with Crippen LogP contribution in [-0.4, -0.2) is 32.3 Å². The molecular formula is C23H24N4OS. The molecule has 0 saturated carbocycles. The molecule has 0 saturated heterocycles. The highest BCUT2D eigenvalue weighted by atomic mass is 32.2. The fourth-order valence-corrected chi connectivity index (χ4v) is 4.42. The zero-order chi connectivity index (χ0) is 20.4. The minimum Gasteiger partial charge on any atom is -0.355 e. The molecule has 2 heterocycles. The van der Waals surface area contributed by atoms with Gasteiger partial charge in [-0.2, -0.15) is 0 Å². The van der Waals surface area contributed by atoms with Crippen LogP contribution in [0.1, 0.15) is 23.6 Å². The lowest BCUT2D eigenvalue weighted by molar-refractivity contribution is -0.120. The van der Waals surface area contributed by atoms with E-state index in [9.17, 15) is 4.79 Å². The minimum absolute atomic E-state index is 0.0100. The molecule has 1 amide bonds. The molecule has 0 aliphatic rings. The van der Waals surface area contributed by atoms with Gasteiger partial charge in [0.05, 0.1) is 10.8 Å². The number of pyridine rings is 1. The molecular weight excluding hydrogens is 380 g/mol. The molecule has 4 aromatic rings. The molecule has 1 N–H and O–H groups in total. The number of hydrogen-bond donors (Lipinski definition) is 1. The van der Waals surface area contributed by atoms with E-state index in [0.717, 1.165) is 28.3 Å². The summed E-state index contributed by atoms with van der Waals surface area (Å²) < 4.78 is 2.07. The summed E-state index contributed by atoms with van der Waals surface area (Å²) in [4.78, 5) is 12.6. The van der Waals surface area contributed by atoms with Gasteiger partial charge in [0.2, 0.25) is 5.91 Å². The highest BCUT2D eigenvalue weighted by Crippen LogP contribution is 2.29. The molecule has 5 nitrogen and oxygen atoms in total. The maximum atomic E-state index is 12.6. The van der Waals surface area contributed by atoms with Gasteiger partial charge in [-0.1, -0.05) is 60.3 Å². The number of rotatable bonds is 6. The number of carbonyl (C=O) groups excluding carboxylic acids is 1. The molecule has 0 aliphatic heterocycles. The molecule has 0 radical (unpaired) electrons. The predicted molar refractivity (Wildman–Crippen MR) is 118 cm³/mol. The first-order valence-electron chi connectivity index (χ1n) is 9.77. The van der Waals surface area contributed by atoms with E-state index in [4.69, 9.17) is 0 Å². The first-order chi connectivity index (χ1) is 14.0. The van der Waals surface area contributed by atoms with Crippen LogP contribution in [-0.2, 0) is 11.2 Å². The number of amides is 1. The van der Waals surface area contributed by atoms with Crippen LogP contribution in [0, 0.1) is 13.8 Å². The number of nitrogens with zero attached hydrogens (tertiary/aromatic N) is 3. The Kier molecular flexibility index (Phi) is 5.53. The summed E-state index contributed by atoms with van der Waals surface area (Å²) in [5.41, 5.74) is 5.47. The first-order valence-corrected chi connectivity index (χ1v) is 10.6. The third-order valence-electron chi connectivity index (χ3n) is 5.10. The Labute approximate surface area is 174 Å². The van der Waals surface area contributed by atoms with Gasteiger partial charge in [-0.25, -0.2) is 0 Å². The fourth-order valence-electron chi connectivity index (χ4n) is 3.54. The molecule has 2 aromatic carbocycles. The summed E-state index contributed by atoms with van der Waals surface area (Å²) in [6.07, 6.45) is 0.820. The second-order valence-electron chi connectivity index (χ2n) is 7.26. The Balaban J connectivity index is 1.52. The van der Waals surface area contributed by atoms with Crippen LogP contribution in [0.3, 0.4) is 0 Å². The van der Waals surface area contributed by atoms with Gasteiger partial charge in [0.1, 0.15) is 0 Å². The largest absolute Gasteiger partial charge is 0.355 e. The molecule has 4 rings (SSSR count). The van der Waals surface area contributed by atoms with Crippen LogP contribution >= 0.6 is 11.8 Å². The molecule has 6 heteroatoms. The number of carbonyl (C=O) groups is 1. The van der Waals surface area contributed by atoms with Crippen molar-refractivity contribution in [2.45, 2.75) is 37.6 Å². The van der Waals surface area contributed by atoms with Gasteiger partial charge < -0.3 is 5.32 Å². The van der Waals surface area contributed by atoms with Crippen molar-refractivity contribution in [1.82, 2.24) is 19.9 Å². The van der Waals surface area contributed by atoms with Crippen molar-refractivity contribution < 1.29 is 4.79 Å². The van der Waals surface area contributed by atoms with E-state index in [1.807, 2.05) is 31.2 Å². The van der Waals surface area contributed by atoms with E-state index in [-0.39, 0.29) is 11.2 Å². The summed E-state index contributed by atoms with van der Waals surface area (Å²) >= 11 is 1.44. The summed E-state index contributed by atoms with van der Waals surface area (Å²) in [7, 11) is 0. The van der Waals surface area contributed by atoms with Crippen molar-refractivity contribution in [3.05, 3.63) is 71.3 Å². The highest BCUT2D eigenvalue weighted by molar-refractivity contribution is 8.00. The number of para-hydroxylation sites is 1. The van der Waals surface area contributed by atoms with Crippen molar-refractivity contribution in [2.75, 3.05) is 6.54 Å². The van der Waals surface area contributed by atoms with Crippen LogP contribution in [0.4, 0.5) is 0 Å². The quantitative estimate of drug-likeness (QED) is 0.486. The Morgan fingerprint density at radius 3 is 2.66 bits per heavy atom. The number of hydrogen-bond acceptors (Lipinski definition) is 4. The van der Waals surface area contributed by atoms with E-state index in [1.54, 1.807) is 0 Å². The van der Waals surface area contributed by atoms with Gasteiger partial charge in [0.15, 0.2) is 10.8 Å². The number of fused-ring (bicyclic) bond motifs is 3. The van der Waals surface area contributed by atoms with Crippen LogP contribution in [0.2, 0.25) is 0 Å². The van der Waals surface area contributed by atoms with Crippen molar-refractivity contribution in [2.24, 2.45) is 0 Å². The van der Waals surface area contributed by atoms with E-state index in [0.29, 0.717) is 6.54 Å². The Morgan fingerprint density at radius 2 is 1.86 bits per heavy atom. The molecule has 148 valence electrons. The Morgan fingerprint density at radius 1 is 1.07 bits per heavy atom. The molecule has 0 spiro atoms. The van der Waals surface area contributed by atoms with Crippen molar-refractivity contribution in [3.63, 3.8) is 0 Å². The second kappa shape index (κ2) is 8.25. The van der Waals surface area contributed by atoms with Gasteiger partial charge in [-0.15, -0.1) is 10.2 Å². The van der Waals surface area contributed by atoms with Crippen molar-refractivity contribution in [3.8, 4) is 0 Å². The number of benzene rings is 2. The first kappa shape index (κ1) is 19.5. The molecule has 0 aliphatic carbocycles. The molecule has 1 atom stereocenters. The number of thioether (sulfide) groups is 1. The highest BCUT2D eigenvalue weighted by Gasteiger charge is 2.19. The van der Waals surface area contributed by atoms with Gasteiger partial charge in [0, 0.05) is 11.9 Å². The molecule has 0 fully saturated rings. The molecule has 29 heavy (non-hydrogen) atoms. The van der Waals surface area contributed by atoms with E-state index < -0.39 is 0 Å². The van der Waals surface area contributed by atoms with Gasteiger partial charge >= 0.3 is 0 Å². The number of aromatic nitrogens is 3. The topological polar surface area (TPSA) is 59.3 Å². The summed E-state index contributed by atoms with van der Waals surface area (Å²) in [6, 6.07) is 18.5. The smallest absolute Gasteiger partial charge is 0.233 e. The third kappa shape index (κ3) is 3.98. The third-order valence-corrected chi connectivity index (χ3v) is 6.14. The van der Waals surface area contributed by atoms with Crippen LogP contribution in [0.25, 0.3) is 16.6 Å².